The maximum Gasteiger partial charge on any atom is 0.180 e. The van der Waals surface area contributed by atoms with Gasteiger partial charge < -0.3 is 5.21 Å². The topological polar surface area (TPSA) is 26.1 Å². The van der Waals surface area contributed by atoms with Gasteiger partial charge in [0.15, 0.2) is 12.4 Å². The highest BCUT2D eigenvalue weighted by Crippen LogP contribution is 2.38. The number of hydrogen-bond donors (Lipinski definition) is 0. The van der Waals surface area contributed by atoms with Crippen LogP contribution in [0.3, 0.4) is 0 Å². The van der Waals surface area contributed by atoms with Gasteiger partial charge in [-0.3, -0.25) is 0 Å². The standard InChI is InChI=1S/C10H13NO/c12-11-8-4-3-7-10(9-11)5-1-2-6-10/h3-4,7-9H,1-2,5-6H2. The summed E-state index contributed by atoms with van der Waals surface area (Å²) < 4.78 is 0.936. The molecule has 0 aromatic rings. The van der Waals surface area contributed by atoms with Gasteiger partial charge in [-0.2, -0.15) is 4.74 Å². The maximum absolute atomic E-state index is 11.2. The fraction of sp³-hybridized carbons (Fsp3) is 0.500. The molecule has 0 atom stereocenters. The minimum Gasteiger partial charge on any atom is -0.619 e. The van der Waals surface area contributed by atoms with E-state index in [0.29, 0.717) is 0 Å². The first-order valence-electron chi connectivity index (χ1n) is 4.48. The Morgan fingerprint density at radius 2 is 1.92 bits per heavy atom. The lowest BCUT2D eigenvalue weighted by Crippen LogP contribution is -2.18. The monoisotopic (exact) mass is 163 g/mol. The molecular formula is C10H13NO. The molecule has 2 rings (SSSR count). The molecule has 1 saturated carbocycles. The van der Waals surface area contributed by atoms with Crippen molar-refractivity contribution in [3.05, 3.63) is 29.6 Å². The van der Waals surface area contributed by atoms with Gasteiger partial charge in [0.2, 0.25) is 0 Å². The van der Waals surface area contributed by atoms with E-state index in [1.54, 1.807) is 18.5 Å². The van der Waals surface area contributed by atoms with E-state index in [4.69, 9.17) is 0 Å². The van der Waals surface area contributed by atoms with E-state index in [-0.39, 0.29) is 5.41 Å². The van der Waals surface area contributed by atoms with Crippen molar-refractivity contribution in [2.24, 2.45) is 5.41 Å². The van der Waals surface area contributed by atoms with E-state index in [1.807, 2.05) is 6.08 Å². The molecule has 0 unspecified atom stereocenters. The molecule has 1 aliphatic carbocycles. The minimum absolute atomic E-state index is 0.0747. The van der Waals surface area contributed by atoms with Gasteiger partial charge in [0.1, 0.15) is 0 Å². The van der Waals surface area contributed by atoms with Crippen LogP contribution in [0.1, 0.15) is 25.7 Å². The zero-order chi connectivity index (χ0) is 8.44. The Morgan fingerprint density at radius 1 is 1.17 bits per heavy atom. The molecule has 0 N–H and O–H groups in total. The highest BCUT2D eigenvalue weighted by Gasteiger charge is 2.33. The lowest BCUT2D eigenvalue weighted by atomic mass is 9.87. The largest absolute Gasteiger partial charge is 0.619 e. The van der Waals surface area contributed by atoms with Gasteiger partial charge in [0.25, 0.3) is 0 Å². The van der Waals surface area contributed by atoms with Crippen molar-refractivity contribution in [1.29, 1.82) is 0 Å². The average molecular weight is 163 g/mol. The van der Waals surface area contributed by atoms with Gasteiger partial charge >= 0.3 is 0 Å². The second-order valence-electron chi connectivity index (χ2n) is 3.63. The second-order valence-corrected chi connectivity index (χ2v) is 3.63. The van der Waals surface area contributed by atoms with E-state index in [0.717, 1.165) is 17.6 Å². The zero-order valence-electron chi connectivity index (χ0n) is 7.07. The maximum atomic E-state index is 11.2. The molecule has 2 aliphatic rings. The summed E-state index contributed by atoms with van der Waals surface area (Å²) in [6, 6.07) is 0. The van der Waals surface area contributed by atoms with Crippen molar-refractivity contribution in [2.75, 3.05) is 0 Å². The summed E-state index contributed by atoms with van der Waals surface area (Å²) in [6.07, 6.45) is 14.1. The normalized spacial score (nSPS) is 25.8. The van der Waals surface area contributed by atoms with E-state index >= 15 is 0 Å². The molecule has 1 spiro atoms. The molecule has 0 radical (unpaired) electrons. The Bertz CT molecular complexity index is 257. The van der Waals surface area contributed by atoms with Crippen molar-refractivity contribution >= 4 is 6.21 Å². The summed E-state index contributed by atoms with van der Waals surface area (Å²) in [6.45, 7) is 0. The fourth-order valence-corrected chi connectivity index (χ4v) is 2.05. The average Bonchev–Trinajstić information content (AvgIpc) is 2.39. The van der Waals surface area contributed by atoms with Crippen LogP contribution < -0.4 is 0 Å². The summed E-state index contributed by atoms with van der Waals surface area (Å²) in [5.41, 5.74) is 0.0747. The van der Waals surface area contributed by atoms with Crippen LogP contribution in [0.25, 0.3) is 0 Å². The second kappa shape index (κ2) is 2.77. The Balaban J connectivity index is 2.30. The number of rotatable bonds is 0. The molecule has 0 bridgehead atoms. The van der Waals surface area contributed by atoms with Crippen LogP contribution in [0.4, 0.5) is 0 Å². The first-order valence-corrected chi connectivity index (χ1v) is 4.48. The van der Waals surface area contributed by atoms with Gasteiger partial charge in [0.05, 0.1) is 5.41 Å². The van der Waals surface area contributed by atoms with Gasteiger partial charge in [-0.1, -0.05) is 25.0 Å². The first-order chi connectivity index (χ1) is 5.81. The number of allylic oxidation sites excluding steroid dienone is 3. The predicted octanol–water partition coefficient (Wildman–Crippen LogP) is 2.21. The summed E-state index contributed by atoms with van der Waals surface area (Å²) in [4.78, 5) is 0. The molecule has 0 aromatic carbocycles. The van der Waals surface area contributed by atoms with Crippen LogP contribution in [0, 0.1) is 10.6 Å². The quantitative estimate of drug-likeness (QED) is 0.397. The third-order valence-electron chi connectivity index (χ3n) is 2.69. The Kier molecular flexibility index (Phi) is 1.75. The predicted molar refractivity (Wildman–Crippen MR) is 48.9 cm³/mol. The zero-order valence-corrected chi connectivity index (χ0v) is 7.07. The van der Waals surface area contributed by atoms with Crippen LogP contribution in [-0.2, 0) is 0 Å². The molecule has 0 aromatic heterocycles. The van der Waals surface area contributed by atoms with Gasteiger partial charge in [-0.25, -0.2) is 0 Å². The molecule has 1 aliphatic heterocycles. The summed E-state index contributed by atoms with van der Waals surface area (Å²) in [7, 11) is 0. The fourth-order valence-electron chi connectivity index (χ4n) is 2.05. The highest BCUT2D eigenvalue weighted by atomic mass is 16.5. The van der Waals surface area contributed by atoms with Crippen molar-refractivity contribution in [3.8, 4) is 0 Å². The van der Waals surface area contributed by atoms with Crippen LogP contribution in [-0.4, -0.2) is 11.0 Å². The third kappa shape index (κ3) is 1.29. The van der Waals surface area contributed by atoms with E-state index in [1.165, 1.54) is 12.8 Å². The lowest BCUT2D eigenvalue weighted by Gasteiger charge is -2.15. The van der Waals surface area contributed by atoms with Gasteiger partial charge in [0, 0.05) is 6.08 Å². The van der Waals surface area contributed by atoms with E-state index < -0.39 is 0 Å². The van der Waals surface area contributed by atoms with E-state index in [9.17, 15) is 5.21 Å². The number of hydroxylamine groups is 1. The number of hydrogen-bond acceptors (Lipinski definition) is 1. The summed E-state index contributed by atoms with van der Waals surface area (Å²) in [5.74, 6) is 0. The molecule has 1 heterocycles. The smallest absolute Gasteiger partial charge is 0.180 e. The molecule has 2 nitrogen and oxygen atoms in total. The molecule has 64 valence electrons. The molecule has 12 heavy (non-hydrogen) atoms. The van der Waals surface area contributed by atoms with Crippen LogP contribution in [0.2, 0.25) is 0 Å². The molecular weight excluding hydrogens is 150 g/mol. The number of nitrogens with zero attached hydrogens (tertiary/aromatic N) is 1. The van der Waals surface area contributed by atoms with Crippen molar-refractivity contribution in [3.63, 3.8) is 0 Å². The van der Waals surface area contributed by atoms with Crippen LogP contribution in [0.5, 0.6) is 0 Å². The summed E-state index contributed by atoms with van der Waals surface area (Å²) >= 11 is 0. The Labute approximate surface area is 72.5 Å². The van der Waals surface area contributed by atoms with Crippen molar-refractivity contribution in [2.45, 2.75) is 25.7 Å². The molecule has 0 amide bonds. The van der Waals surface area contributed by atoms with Gasteiger partial charge in [-0.05, 0) is 12.8 Å². The van der Waals surface area contributed by atoms with E-state index in [2.05, 4.69) is 6.08 Å². The minimum atomic E-state index is 0.0747. The van der Waals surface area contributed by atoms with Crippen LogP contribution in [0.15, 0.2) is 24.4 Å². The molecule has 1 fully saturated rings. The molecule has 2 heteroatoms. The lowest BCUT2D eigenvalue weighted by molar-refractivity contribution is -0.376. The third-order valence-corrected chi connectivity index (χ3v) is 2.69. The van der Waals surface area contributed by atoms with Crippen LogP contribution >= 0.6 is 0 Å². The molecule has 0 saturated heterocycles. The van der Waals surface area contributed by atoms with Crippen molar-refractivity contribution < 1.29 is 4.74 Å². The Morgan fingerprint density at radius 3 is 2.67 bits per heavy atom. The highest BCUT2D eigenvalue weighted by molar-refractivity contribution is 5.65. The van der Waals surface area contributed by atoms with Crippen molar-refractivity contribution in [1.82, 2.24) is 0 Å². The SMILES string of the molecule is [O-][N+]1=CC2(C=CC=C1)CCCC2. The Hall–Kier alpha value is -1.05. The summed E-state index contributed by atoms with van der Waals surface area (Å²) in [5, 5.41) is 11.2. The van der Waals surface area contributed by atoms with Gasteiger partial charge in [-0.15, -0.1) is 0 Å². The first kappa shape index (κ1) is 7.59.